The Labute approximate surface area is 102 Å². The van der Waals surface area contributed by atoms with E-state index in [1.54, 1.807) is 6.92 Å². The highest BCUT2D eigenvalue weighted by Crippen LogP contribution is 2.33. The van der Waals surface area contributed by atoms with Crippen molar-refractivity contribution >= 4 is 11.8 Å². The van der Waals surface area contributed by atoms with Crippen LogP contribution in [0, 0.1) is 5.92 Å². The number of nitrogens with two attached hydrogens (primary N) is 1. The van der Waals surface area contributed by atoms with Crippen LogP contribution in [0.25, 0.3) is 0 Å². The number of amides is 2. The molecule has 1 saturated heterocycles. The van der Waals surface area contributed by atoms with Crippen molar-refractivity contribution in [1.82, 2.24) is 10.6 Å². The summed E-state index contributed by atoms with van der Waals surface area (Å²) in [6.07, 6.45) is 5.80. The lowest BCUT2D eigenvalue weighted by atomic mass is 9.85. The van der Waals surface area contributed by atoms with Crippen molar-refractivity contribution < 1.29 is 9.59 Å². The van der Waals surface area contributed by atoms with Gasteiger partial charge in [-0.1, -0.05) is 12.8 Å². The molecule has 2 amide bonds. The third kappa shape index (κ3) is 2.77. The van der Waals surface area contributed by atoms with Crippen molar-refractivity contribution in [2.75, 3.05) is 0 Å². The van der Waals surface area contributed by atoms with E-state index in [2.05, 4.69) is 10.6 Å². The van der Waals surface area contributed by atoms with Gasteiger partial charge in [-0.05, 0) is 32.1 Å². The summed E-state index contributed by atoms with van der Waals surface area (Å²) < 4.78 is 0. The Hall–Kier alpha value is -1.10. The highest BCUT2D eigenvalue weighted by Gasteiger charge is 2.38. The number of hydrogen-bond acceptors (Lipinski definition) is 3. The summed E-state index contributed by atoms with van der Waals surface area (Å²) in [5, 5.41) is 6.03. The monoisotopic (exact) mass is 239 g/mol. The first kappa shape index (κ1) is 12.4. The molecule has 2 rings (SSSR count). The predicted octanol–water partition coefficient (Wildman–Crippen LogP) is -0.103. The molecule has 0 bridgehead atoms. The van der Waals surface area contributed by atoms with Crippen LogP contribution >= 0.6 is 0 Å². The first-order chi connectivity index (χ1) is 8.08. The molecule has 0 spiro atoms. The Balaban J connectivity index is 1.87. The Bertz CT molecular complexity index is 305. The Morgan fingerprint density at radius 2 is 2.06 bits per heavy atom. The lowest BCUT2D eigenvalue weighted by Crippen LogP contribution is -2.49. The third-order valence-electron chi connectivity index (χ3n) is 3.96. The second kappa shape index (κ2) is 5.04. The smallest absolute Gasteiger partial charge is 0.239 e. The molecule has 5 nitrogen and oxygen atoms in total. The molecule has 0 radical (unpaired) electrons. The zero-order chi connectivity index (χ0) is 12.4. The molecule has 4 N–H and O–H groups in total. The number of rotatable bonds is 3. The maximum Gasteiger partial charge on any atom is 0.239 e. The van der Waals surface area contributed by atoms with Crippen LogP contribution in [0.15, 0.2) is 0 Å². The van der Waals surface area contributed by atoms with Gasteiger partial charge in [0.2, 0.25) is 11.8 Å². The molecule has 0 aromatic rings. The summed E-state index contributed by atoms with van der Waals surface area (Å²) in [4.78, 5) is 22.8. The molecule has 0 aromatic heterocycles. The zero-order valence-electron chi connectivity index (χ0n) is 10.2. The van der Waals surface area contributed by atoms with Gasteiger partial charge in [0.15, 0.2) is 0 Å². The topological polar surface area (TPSA) is 84.2 Å². The first-order valence-electron chi connectivity index (χ1n) is 6.43. The van der Waals surface area contributed by atoms with E-state index in [1.165, 1.54) is 25.7 Å². The number of nitrogens with one attached hydrogen (secondary N) is 2. The minimum absolute atomic E-state index is 0.0919. The lowest BCUT2D eigenvalue weighted by molar-refractivity contribution is -0.128. The van der Waals surface area contributed by atoms with E-state index in [1.807, 2.05) is 0 Å². The maximum absolute atomic E-state index is 11.9. The molecular weight excluding hydrogens is 218 g/mol. The van der Waals surface area contributed by atoms with Crippen molar-refractivity contribution in [2.24, 2.45) is 11.7 Å². The maximum atomic E-state index is 11.9. The highest BCUT2D eigenvalue weighted by atomic mass is 16.2. The highest BCUT2D eigenvalue weighted by molar-refractivity contribution is 5.88. The van der Waals surface area contributed by atoms with Crippen LogP contribution in [0.1, 0.15) is 39.0 Å². The number of hydrogen-bond donors (Lipinski definition) is 3. The van der Waals surface area contributed by atoms with Gasteiger partial charge < -0.3 is 16.4 Å². The molecular formula is C12H21N3O2. The molecule has 17 heavy (non-hydrogen) atoms. The third-order valence-corrected chi connectivity index (χ3v) is 3.96. The number of carbonyl (C=O) groups is 2. The summed E-state index contributed by atoms with van der Waals surface area (Å²) in [5.41, 5.74) is 5.13. The molecule has 2 fully saturated rings. The van der Waals surface area contributed by atoms with E-state index in [0.29, 0.717) is 12.0 Å². The lowest BCUT2D eigenvalue weighted by Gasteiger charge is -2.24. The van der Waals surface area contributed by atoms with Crippen LogP contribution in [-0.4, -0.2) is 29.9 Å². The molecule has 3 unspecified atom stereocenters. The van der Waals surface area contributed by atoms with Gasteiger partial charge in [0.05, 0.1) is 6.04 Å². The average molecular weight is 239 g/mol. The van der Waals surface area contributed by atoms with Crippen molar-refractivity contribution in [1.29, 1.82) is 0 Å². The van der Waals surface area contributed by atoms with Gasteiger partial charge in [-0.3, -0.25) is 9.59 Å². The minimum Gasteiger partial charge on any atom is -0.368 e. The second-order valence-corrected chi connectivity index (χ2v) is 5.24. The zero-order valence-corrected chi connectivity index (χ0v) is 10.2. The normalized spacial score (nSPS) is 33.8. The Morgan fingerprint density at radius 3 is 2.71 bits per heavy atom. The fourth-order valence-corrected chi connectivity index (χ4v) is 2.91. The summed E-state index contributed by atoms with van der Waals surface area (Å²) in [6, 6.07) is -0.250. The van der Waals surface area contributed by atoms with Crippen LogP contribution in [0.3, 0.4) is 0 Å². The van der Waals surface area contributed by atoms with E-state index in [0.717, 1.165) is 6.42 Å². The standard InChI is InChI=1S/C12H21N3O2/c1-7(11(13)16)14-12(17)10-6-8-4-2-3-5-9(8)15-10/h7-10,15H,2-6H2,1H3,(H2,13,16)(H,14,17)/t7-,8?,9?,10?/m0/s1. The van der Waals surface area contributed by atoms with E-state index < -0.39 is 11.9 Å². The van der Waals surface area contributed by atoms with Crippen molar-refractivity contribution in [2.45, 2.75) is 57.2 Å². The van der Waals surface area contributed by atoms with E-state index in [9.17, 15) is 9.59 Å². The van der Waals surface area contributed by atoms with Gasteiger partial charge in [-0.15, -0.1) is 0 Å². The van der Waals surface area contributed by atoms with Gasteiger partial charge in [0.25, 0.3) is 0 Å². The van der Waals surface area contributed by atoms with Crippen LogP contribution in [0.2, 0.25) is 0 Å². The number of fused-ring (bicyclic) bond motifs is 1. The molecule has 5 heteroatoms. The van der Waals surface area contributed by atoms with Gasteiger partial charge in [0.1, 0.15) is 6.04 Å². The molecule has 1 saturated carbocycles. The Kier molecular flexibility index (Phi) is 3.66. The van der Waals surface area contributed by atoms with Crippen molar-refractivity contribution in [3.8, 4) is 0 Å². The quantitative estimate of drug-likeness (QED) is 0.643. The summed E-state index contributed by atoms with van der Waals surface area (Å²) >= 11 is 0. The number of primary amides is 1. The fraction of sp³-hybridized carbons (Fsp3) is 0.833. The van der Waals surface area contributed by atoms with E-state index >= 15 is 0 Å². The molecule has 1 aliphatic carbocycles. The largest absolute Gasteiger partial charge is 0.368 e. The van der Waals surface area contributed by atoms with Crippen molar-refractivity contribution in [3.05, 3.63) is 0 Å². The van der Waals surface area contributed by atoms with Gasteiger partial charge in [0, 0.05) is 6.04 Å². The summed E-state index contributed by atoms with van der Waals surface area (Å²) in [5.74, 6) is 0.0443. The summed E-state index contributed by atoms with van der Waals surface area (Å²) in [6.45, 7) is 1.61. The summed E-state index contributed by atoms with van der Waals surface area (Å²) in [7, 11) is 0. The molecule has 4 atom stereocenters. The SMILES string of the molecule is C[C@H](NC(=O)C1CC2CCCCC2N1)C(N)=O. The van der Waals surface area contributed by atoms with Gasteiger partial charge in [-0.2, -0.15) is 0 Å². The van der Waals surface area contributed by atoms with E-state index in [-0.39, 0.29) is 11.9 Å². The first-order valence-corrected chi connectivity index (χ1v) is 6.43. The minimum atomic E-state index is -0.591. The Morgan fingerprint density at radius 1 is 1.35 bits per heavy atom. The average Bonchev–Trinajstić information content (AvgIpc) is 2.72. The van der Waals surface area contributed by atoms with Crippen LogP contribution in [0.4, 0.5) is 0 Å². The van der Waals surface area contributed by atoms with Crippen LogP contribution in [0.5, 0.6) is 0 Å². The van der Waals surface area contributed by atoms with E-state index in [4.69, 9.17) is 5.73 Å². The van der Waals surface area contributed by atoms with Gasteiger partial charge in [-0.25, -0.2) is 0 Å². The molecule has 1 aliphatic heterocycles. The fourth-order valence-electron chi connectivity index (χ4n) is 2.91. The van der Waals surface area contributed by atoms with Crippen LogP contribution < -0.4 is 16.4 Å². The molecule has 1 heterocycles. The molecule has 96 valence electrons. The number of carbonyl (C=O) groups excluding carboxylic acids is 2. The molecule has 2 aliphatic rings. The predicted molar refractivity (Wildman–Crippen MR) is 64.1 cm³/mol. The molecule has 0 aromatic carbocycles. The second-order valence-electron chi connectivity index (χ2n) is 5.24. The van der Waals surface area contributed by atoms with Gasteiger partial charge >= 0.3 is 0 Å². The van der Waals surface area contributed by atoms with Crippen molar-refractivity contribution in [3.63, 3.8) is 0 Å². The van der Waals surface area contributed by atoms with Crippen LogP contribution in [-0.2, 0) is 9.59 Å².